The molecule has 1 atom stereocenters. The third kappa shape index (κ3) is 3.11. The molecule has 15 heavy (non-hydrogen) atoms. The molecule has 0 aromatic heterocycles. The zero-order chi connectivity index (χ0) is 11.3. The lowest BCUT2D eigenvalue weighted by molar-refractivity contribution is -0.143. The monoisotopic (exact) mass is 214 g/mol. The van der Waals surface area contributed by atoms with Gasteiger partial charge in [0, 0.05) is 13.1 Å². The molecule has 5 nitrogen and oxygen atoms in total. The first kappa shape index (κ1) is 11.8. The number of carbonyl (C=O) groups is 2. The number of amides is 2. The first-order valence-corrected chi connectivity index (χ1v) is 5.44. The fourth-order valence-corrected chi connectivity index (χ4v) is 1.76. The Morgan fingerprint density at radius 2 is 2.20 bits per heavy atom. The number of rotatable bonds is 3. The van der Waals surface area contributed by atoms with Gasteiger partial charge in [0.2, 0.25) is 0 Å². The van der Waals surface area contributed by atoms with Crippen molar-refractivity contribution >= 4 is 12.0 Å². The van der Waals surface area contributed by atoms with Crippen LogP contribution in [0.15, 0.2) is 0 Å². The molecule has 0 bridgehead atoms. The summed E-state index contributed by atoms with van der Waals surface area (Å²) >= 11 is 0. The molecule has 0 saturated carbocycles. The summed E-state index contributed by atoms with van der Waals surface area (Å²) < 4.78 is 0. The summed E-state index contributed by atoms with van der Waals surface area (Å²) in [5, 5.41) is 11.7. The third-order valence-electron chi connectivity index (χ3n) is 2.57. The van der Waals surface area contributed by atoms with Crippen molar-refractivity contribution in [3.63, 3.8) is 0 Å². The minimum atomic E-state index is -0.902. The summed E-state index contributed by atoms with van der Waals surface area (Å²) in [6.07, 6.45) is 3.20. The highest BCUT2D eigenvalue weighted by Crippen LogP contribution is 2.17. The molecule has 2 amide bonds. The topological polar surface area (TPSA) is 69.6 Å². The van der Waals surface area contributed by atoms with Gasteiger partial charge in [0.15, 0.2) is 0 Å². The van der Waals surface area contributed by atoms with Crippen molar-refractivity contribution in [2.24, 2.45) is 0 Å². The zero-order valence-corrected chi connectivity index (χ0v) is 9.03. The Morgan fingerprint density at radius 3 is 2.80 bits per heavy atom. The highest BCUT2D eigenvalue weighted by Gasteiger charge is 2.31. The maximum atomic E-state index is 11.6. The second kappa shape index (κ2) is 5.58. The second-order valence-electron chi connectivity index (χ2n) is 3.78. The Balaban J connectivity index is 2.55. The molecule has 0 aromatic carbocycles. The van der Waals surface area contributed by atoms with Crippen LogP contribution in [0.1, 0.15) is 32.6 Å². The molecule has 1 heterocycles. The number of carboxylic acid groups (broad SMARTS) is 1. The first-order valence-electron chi connectivity index (χ1n) is 5.44. The lowest BCUT2D eigenvalue weighted by Gasteiger charge is -2.32. The molecule has 2 N–H and O–H groups in total. The number of hydrogen-bond acceptors (Lipinski definition) is 2. The zero-order valence-electron chi connectivity index (χ0n) is 9.03. The molecular weight excluding hydrogens is 196 g/mol. The number of carbonyl (C=O) groups excluding carboxylic acids is 1. The van der Waals surface area contributed by atoms with Gasteiger partial charge in [0.25, 0.3) is 0 Å². The predicted molar refractivity (Wildman–Crippen MR) is 55.7 cm³/mol. The lowest BCUT2D eigenvalue weighted by Crippen LogP contribution is -2.51. The van der Waals surface area contributed by atoms with E-state index < -0.39 is 12.0 Å². The SMILES string of the molecule is CCCNC(=O)N1CCCCC1C(=O)O. The molecule has 1 saturated heterocycles. The van der Waals surface area contributed by atoms with E-state index in [-0.39, 0.29) is 6.03 Å². The molecule has 0 radical (unpaired) electrons. The normalized spacial score (nSPS) is 21.1. The van der Waals surface area contributed by atoms with Crippen LogP contribution in [0.5, 0.6) is 0 Å². The van der Waals surface area contributed by atoms with Crippen LogP contribution in [0, 0.1) is 0 Å². The number of likely N-dealkylation sites (tertiary alicyclic amines) is 1. The molecular formula is C10H18N2O3. The minimum absolute atomic E-state index is 0.246. The van der Waals surface area contributed by atoms with E-state index in [2.05, 4.69) is 5.32 Å². The molecule has 0 spiro atoms. The second-order valence-corrected chi connectivity index (χ2v) is 3.78. The predicted octanol–water partition coefficient (Wildman–Crippen LogP) is 1.05. The van der Waals surface area contributed by atoms with Gasteiger partial charge in [0.1, 0.15) is 6.04 Å². The quantitative estimate of drug-likeness (QED) is 0.737. The molecule has 86 valence electrons. The number of urea groups is 1. The van der Waals surface area contributed by atoms with Gasteiger partial charge in [-0.15, -0.1) is 0 Å². The van der Waals surface area contributed by atoms with Crippen molar-refractivity contribution in [1.29, 1.82) is 0 Å². The summed E-state index contributed by atoms with van der Waals surface area (Å²) in [6, 6.07) is -0.889. The number of carboxylic acids is 1. The highest BCUT2D eigenvalue weighted by atomic mass is 16.4. The highest BCUT2D eigenvalue weighted by molar-refractivity contribution is 5.82. The molecule has 5 heteroatoms. The summed E-state index contributed by atoms with van der Waals surface area (Å²) in [4.78, 5) is 24.0. The number of piperidine rings is 1. The summed E-state index contributed by atoms with van der Waals surface area (Å²) in [6.45, 7) is 3.11. The van der Waals surface area contributed by atoms with Crippen molar-refractivity contribution in [3.05, 3.63) is 0 Å². The van der Waals surface area contributed by atoms with E-state index in [4.69, 9.17) is 5.11 Å². The lowest BCUT2D eigenvalue weighted by atomic mass is 10.0. The van der Waals surface area contributed by atoms with E-state index in [1.165, 1.54) is 4.90 Å². The molecule has 1 unspecified atom stereocenters. The number of nitrogens with zero attached hydrogens (tertiary/aromatic N) is 1. The first-order chi connectivity index (χ1) is 7.16. The van der Waals surface area contributed by atoms with Crippen LogP contribution in [0.4, 0.5) is 4.79 Å². The maximum absolute atomic E-state index is 11.6. The molecule has 1 aliphatic rings. The van der Waals surface area contributed by atoms with E-state index in [0.717, 1.165) is 19.3 Å². The number of aliphatic carboxylic acids is 1. The van der Waals surface area contributed by atoms with Crippen LogP contribution in [0.2, 0.25) is 0 Å². The Morgan fingerprint density at radius 1 is 1.47 bits per heavy atom. The maximum Gasteiger partial charge on any atom is 0.326 e. The average molecular weight is 214 g/mol. The van der Waals surface area contributed by atoms with E-state index in [9.17, 15) is 9.59 Å². The van der Waals surface area contributed by atoms with Gasteiger partial charge >= 0.3 is 12.0 Å². The molecule has 1 aliphatic heterocycles. The van der Waals surface area contributed by atoms with Gasteiger partial charge < -0.3 is 15.3 Å². The standard InChI is InChI=1S/C10H18N2O3/c1-2-6-11-10(15)12-7-4-3-5-8(12)9(13)14/h8H,2-7H2,1H3,(H,11,15)(H,13,14). The molecule has 1 rings (SSSR count). The molecule has 0 aliphatic carbocycles. The van der Waals surface area contributed by atoms with Crippen LogP contribution in [0.3, 0.4) is 0 Å². The van der Waals surface area contributed by atoms with Gasteiger partial charge in [-0.05, 0) is 25.7 Å². The average Bonchev–Trinajstić information content (AvgIpc) is 2.25. The van der Waals surface area contributed by atoms with Crippen LogP contribution in [0.25, 0.3) is 0 Å². The van der Waals surface area contributed by atoms with E-state index in [0.29, 0.717) is 19.5 Å². The Kier molecular flexibility index (Phi) is 4.39. The van der Waals surface area contributed by atoms with Crippen LogP contribution in [-0.4, -0.2) is 41.1 Å². The van der Waals surface area contributed by atoms with Crippen molar-refractivity contribution < 1.29 is 14.7 Å². The van der Waals surface area contributed by atoms with E-state index in [1.54, 1.807) is 0 Å². The van der Waals surface area contributed by atoms with Crippen molar-refractivity contribution in [1.82, 2.24) is 10.2 Å². The van der Waals surface area contributed by atoms with E-state index >= 15 is 0 Å². The van der Waals surface area contributed by atoms with Gasteiger partial charge in [-0.25, -0.2) is 9.59 Å². The largest absolute Gasteiger partial charge is 0.480 e. The summed E-state index contributed by atoms with van der Waals surface area (Å²) in [5.74, 6) is -0.902. The van der Waals surface area contributed by atoms with Gasteiger partial charge in [-0.3, -0.25) is 0 Å². The Bertz CT molecular complexity index is 243. The van der Waals surface area contributed by atoms with Gasteiger partial charge in [0.05, 0.1) is 0 Å². The van der Waals surface area contributed by atoms with Crippen LogP contribution in [-0.2, 0) is 4.79 Å². The smallest absolute Gasteiger partial charge is 0.326 e. The van der Waals surface area contributed by atoms with E-state index in [1.807, 2.05) is 6.92 Å². The van der Waals surface area contributed by atoms with Crippen LogP contribution >= 0.6 is 0 Å². The van der Waals surface area contributed by atoms with Crippen molar-refractivity contribution in [2.75, 3.05) is 13.1 Å². The minimum Gasteiger partial charge on any atom is -0.480 e. The van der Waals surface area contributed by atoms with Crippen molar-refractivity contribution in [3.8, 4) is 0 Å². The fourth-order valence-electron chi connectivity index (χ4n) is 1.76. The van der Waals surface area contributed by atoms with Crippen molar-refractivity contribution in [2.45, 2.75) is 38.6 Å². The van der Waals surface area contributed by atoms with Crippen LogP contribution < -0.4 is 5.32 Å². The molecule has 0 aromatic rings. The molecule has 1 fully saturated rings. The summed E-state index contributed by atoms with van der Waals surface area (Å²) in [5.41, 5.74) is 0. The van der Waals surface area contributed by atoms with Gasteiger partial charge in [-0.1, -0.05) is 6.92 Å². The third-order valence-corrected chi connectivity index (χ3v) is 2.57. The Labute approximate surface area is 89.4 Å². The summed E-state index contributed by atoms with van der Waals surface area (Å²) in [7, 11) is 0. The Hall–Kier alpha value is -1.26. The fraction of sp³-hybridized carbons (Fsp3) is 0.800. The van der Waals surface area contributed by atoms with Gasteiger partial charge in [-0.2, -0.15) is 0 Å². The number of hydrogen-bond donors (Lipinski definition) is 2. The number of nitrogens with one attached hydrogen (secondary N) is 1.